The smallest absolute Gasteiger partial charge is 0.324 e. The summed E-state index contributed by atoms with van der Waals surface area (Å²) >= 11 is 0. The maximum absolute atomic E-state index is 13.5. The van der Waals surface area contributed by atoms with Gasteiger partial charge in [-0.25, -0.2) is 0 Å². The molecule has 1 amide bonds. The second-order valence-electron chi connectivity index (χ2n) is 18.5. The van der Waals surface area contributed by atoms with Crippen LogP contribution in [-0.4, -0.2) is 136 Å². The summed E-state index contributed by atoms with van der Waals surface area (Å²) in [5.74, 6) is -3.72. The Morgan fingerprint density at radius 3 is 1.29 bits per heavy atom. The number of nitrogens with zero attached hydrogens (tertiary/aromatic N) is 3. The molecule has 1 unspecified atom stereocenters. The lowest BCUT2D eigenvalue weighted by Gasteiger charge is -2.34. The Balaban J connectivity index is 6.27. The van der Waals surface area contributed by atoms with Crippen LogP contribution in [0.3, 0.4) is 0 Å². The number of carbonyl (C=O) groups is 6. The van der Waals surface area contributed by atoms with Gasteiger partial charge in [-0.05, 0) is 102 Å². The number of carbonyl (C=O) groups excluding carboxylic acids is 5. The average Bonchev–Trinajstić information content (AvgIpc) is 2.96. The topological polar surface area (TPSA) is 195 Å². The molecule has 56 heavy (non-hydrogen) atoms. The summed E-state index contributed by atoms with van der Waals surface area (Å²) in [6.45, 7) is 22.3. The molecule has 1 atom stereocenters. The van der Waals surface area contributed by atoms with Crippen molar-refractivity contribution in [3.05, 3.63) is 0 Å². The first-order valence-corrected chi connectivity index (χ1v) is 20.1. The lowest BCUT2D eigenvalue weighted by Crippen LogP contribution is -2.51. The van der Waals surface area contributed by atoms with Gasteiger partial charge in [0.25, 0.3) is 0 Å². The highest BCUT2D eigenvalue weighted by Crippen LogP contribution is 2.17. The number of primary amides is 1. The number of aliphatic carboxylic acids is 1. The summed E-state index contributed by atoms with van der Waals surface area (Å²) in [5.41, 5.74) is 2.53. The van der Waals surface area contributed by atoms with Crippen molar-refractivity contribution in [2.45, 2.75) is 176 Å². The second-order valence-corrected chi connectivity index (χ2v) is 18.5. The van der Waals surface area contributed by atoms with Crippen LogP contribution in [0.5, 0.6) is 0 Å². The lowest BCUT2D eigenvalue weighted by molar-refractivity contribution is -0.166. The van der Waals surface area contributed by atoms with Crippen LogP contribution in [0.4, 0.5) is 0 Å². The van der Waals surface area contributed by atoms with E-state index >= 15 is 0 Å². The molecule has 0 fully saturated rings. The molecule has 0 aromatic carbocycles. The molecule has 15 heteroatoms. The Morgan fingerprint density at radius 1 is 0.500 bits per heavy atom. The van der Waals surface area contributed by atoms with Crippen molar-refractivity contribution in [3.63, 3.8) is 0 Å². The van der Waals surface area contributed by atoms with E-state index < -0.39 is 64.2 Å². The number of unbranched alkanes of at least 4 members (excludes halogenated alkanes) is 7. The summed E-state index contributed by atoms with van der Waals surface area (Å²) in [4.78, 5) is 80.9. The van der Waals surface area contributed by atoms with E-state index in [1.807, 2.05) is 0 Å². The maximum atomic E-state index is 13.5. The molecular weight excluding hydrogens is 724 g/mol. The molecule has 0 aromatic heterocycles. The van der Waals surface area contributed by atoms with E-state index in [9.17, 15) is 28.8 Å². The first kappa shape index (κ1) is 52.7. The monoisotopic (exact) mass is 801 g/mol. The summed E-state index contributed by atoms with van der Waals surface area (Å²) in [7, 11) is 0. The number of amides is 1. The molecule has 0 bridgehead atoms. The zero-order valence-corrected chi connectivity index (χ0v) is 36.8. The zero-order chi connectivity index (χ0) is 43.3. The van der Waals surface area contributed by atoms with Crippen LogP contribution < -0.4 is 5.73 Å². The first-order chi connectivity index (χ1) is 25.5. The van der Waals surface area contributed by atoms with Gasteiger partial charge in [0.1, 0.15) is 28.4 Å². The molecule has 0 rings (SSSR count). The van der Waals surface area contributed by atoms with Crippen LogP contribution in [0.2, 0.25) is 0 Å². The Bertz CT molecular complexity index is 1200. The predicted molar refractivity (Wildman–Crippen MR) is 215 cm³/mol. The van der Waals surface area contributed by atoms with Crippen molar-refractivity contribution in [2.24, 2.45) is 5.73 Å². The Kier molecular flexibility index (Phi) is 23.7. The summed E-state index contributed by atoms with van der Waals surface area (Å²) in [5, 5.41) is 8.85. The maximum Gasteiger partial charge on any atom is 0.324 e. The van der Waals surface area contributed by atoms with Gasteiger partial charge in [0.2, 0.25) is 5.91 Å². The number of carboxylic acid groups (broad SMARTS) is 1. The molecule has 3 N–H and O–H groups in total. The minimum atomic E-state index is -1.15. The van der Waals surface area contributed by atoms with Crippen LogP contribution in [-0.2, 0) is 47.7 Å². The molecule has 0 aromatic rings. The van der Waals surface area contributed by atoms with Crippen molar-refractivity contribution in [1.29, 1.82) is 0 Å². The van der Waals surface area contributed by atoms with Gasteiger partial charge in [0, 0.05) is 32.6 Å². The van der Waals surface area contributed by atoms with Crippen molar-refractivity contribution in [2.75, 3.05) is 52.4 Å². The number of nitrogens with two attached hydrogens (primary N) is 1. The van der Waals surface area contributed by atoms with Crippen LogP contribution >= 0.6 is 0 Å². The van der Waals surface area contributed by atoms with Gasteiger partial charge in [-0.1, -0.05) is 38.5 Å². The zero-order valence-electron chi connectivity index (χ0n) is 36.8. The van der Waals surface area contributed by atoms with Gasteiger partial charge in [-0.2, -0.15) is 0 Å². The highest BCUT2D eigenvalue weighted by molar-refractivity contribution is 5.85. The van der Waals surface area contributed by atoms with Gasteiger partial charge in [0.05, 0.1) is 26.1 Å². The number of ether oxygens (including phenoxy) is 4. The van der Waals surface area contributed by atoms with Crippen molar-refractivity contribution >= 4 is 35.8 Å². The number of rotatable bonds is 27. The van der Waals surface area contributed by atoms with Gasteiger partial charge in [-0.15, -0.1) is 0 Å². The van der Waals surface area contributed by atoms with E-state index in [-0.39, 0.29) is 39.0 Å². The van der Waals surface area contributed by atoms with Gasteiger partial charge in [0.15, 0.2) is 0 Å². The predicted octanol–water partition coefficient (Wildman–Crippen LogP) is 5.10. The van der Waals surface area contributed by atoms with Crippen molar-refractivity contribution in [3.8, 4) is 0 Å². The minimum absolute atomic E-state index is 0.138. The first-order valence-electron chi connectivity index (χ1n) is 20.1. The third-order valence-electron chi connectivity index (χ3n) is 7.86. The molecule has 0 aliphatic heterocycles. The molecule has 0 spiro atoms. The van der Waals surface area contributed by atoms with Gasteiger partial charge >= 0.3 is 29.8 Å². The SMILES string of the molecule is CC(C)(C)OC(=O)CN(CCN(CCCCCCCCCCC(=O)O)CCN(CC(=O)OC(C)(C)C)C(CC(N)=O)C(=O)OC(C)(C)C)CC(=O)OC(C)(C)C. The van der Waals surface area contributed by atoms with Crippen molar-refractivity contribution < 1.29 is 52.8 Å². The van der Waals surface area contributed by atoms with Crippen LogP contribution in [0, 0.1) is 0 Å². The van der Waals surface area contributed by atoms with E-state index in [4.69, 9.17) is 29.8 Å². The number of hydrogen-bond donors (Lipinski definition) is 2. The van der Waals surface area contributed by atoms with Gasteiger partial charge < -0.3 is 34.7 Å². The van der Waals surface area contributed by atoms with E-state index in [1.165, 1.54) is 0 Å². The number of esters is 4. The largest absolute Gasteiger partial charge is 0.481 e. The molecule has 0 heterocycles. The van der Waals surface area contributed by atoms with E-state index in [1.54, 1.807) is 92.9 Å². The minimum Gasteiger partial charge on any atom is -0.481 e. The van der Waals surface area contributed by atoms with Crippen LogP contribution in [0.15, 0.2) is 0 Å². The standard InChI is InChI=1S/C41H76N4O11/c1-38(2,3)53-34(49)28-44(29-35(50)54-39(4,5)6)24-23-43(22-20-18-16-14-13-15-17-19-21-33(47)48)25-26-45(30-36(51)55-40(7,8)9)31(27-32(42)46)37(52)56-41(10,11)12/h31H,13-30H2,1-12H3,(H2,42,46)(H,47,48). The highest BCUT2D eigenvalue weighted by atomic mass is 16.6. The highest BCUT2D eigenvalue weighted by Gasteiger charge is 2.34. The number of hydrogen-bond acceptors (Lipinski definition) is 13. The van der Waals surface area contributed by atoms with Crippen LogP contribution in [0.25, 0.3) is 0 Å². The summed E-state index contributed by atoms with van der Waals surface area (Å²) in [6.07, 6.45) is 7.22. The molecular formula is C41H76N4O11. The summed E-state index contributed by atoms with van der Waals surface area (Å²) < 4.78 is 22.4. The van der Waals surface area contributed by atoms with Crippen LogP contribution in [0.1, 0.15) is 147 Å². The molecule has 0 aliphatic rings. The quantitative estimate of drug-likeness (QED) is 0.0633. The molecule has 15 nitrogen and oxygen atoms in total. The molecule has 0 radical (unpaired) electrons. The van der Waals surface area contributed by atoms with Crippen molar-refractivity contribution in [1.82, 2.24) is 14.7 Å². The molecule has 0 saturated carbocycles. The average molecular weight is 801 g/mol. The van der Waals surface area contributed by atoms with E-state index in [2.05, 4.69) is 4.90 Å². The molecule has 326 valence electrons. The fraction of sp³-hybridized carbons (Fsp3) is 0.854. The van der Waals surface area contributed by atoms with E-state index in [0.29, 0.717) is 32.6 Å². The number of carboxylic acids is 1. The molecule has 0 aliphatic carbocycles. The Morgan fingerprint density at radius 2 is 0.875 bits per heavy atom. The second kappa shape index (κ2) is 25.1. The van der Waals surface area contributed by atoms with Gasteiger partial charge in [-0.3, -0.25) is 38.6 Å². The fourth-order valence-corrected chi connectivity index (χ4v) is 5.69. The van der Waals surface area contributed by atoms with E-state index in [0.717, 1.165) is 44.9 Å². The fourth-order valence-electron chi connectivity index (χ4n) is 5.69. The third-order valence-corrected chi connectivity index (χ3v) is 7.86. The Labute approximate surface area is 336 Å². The molecule has 0 saturated heterocycles. The normalized spacial score (nSPS) is 13.1. The third kappa shape index (κ3) is 30.9. The lowest BCUT2D eigenvalue weighted by atomic mass is 10.1. The summed E-state index contributed by atoms with van der Waals surface area (Å²) in [6, 6.07) is -1.15. The Hall–Kier alpha value is -3.30.